The molecule has 0 amide bonds. The van der Waals surface area contributed by atoms with Crippen molar-refractivity contribution in [3.63, 3.8) is 0 Å². The molecule has 0 aromatic heterocycles. The number of hydrogen-bond acceptors (Lipinski definition) is 3. The van der Waals surface area contributed by atoms with Crippen LogP contribution in [0.25, 0.3) is 0 Å². The molecule has 0 radical (unpaired) electrons. The van der Waals surface area contributed by atoms with Gasteiger partial charge in [0.15, 0.2) is 0 Å². The molecule has 5 heteroatoms. The van der Waals surface area contributed by atoms with Crippen LogP contribution < -0.4 is 5.73 Å². The molecule has 1 unspecified atom stereocenters. The van der Waals surface area contributed by atoms with Crippen molar-refractivity contribution in [1.82, 2.24) is 0 Å². The van der Waals surface area contributed by atoms with Crippen LogP contribution in [0, 0.1) is 0 Å². The third-order valence-corrected chi connectivity index (χ3v) is 1.14. The summed E-state index contributed by atoms with van der Waals surface area (Å²) in [6.45, 7) is 2.64. The summed E-state index contributed by atoms with van der Waals surface area (Å²) >= 11 is 5.53. The first-order valence-electron chi connectivity index (χ1n) is 3.25. The van der Waals surface area contributed by atoms with Gasteiger partial charge in [0.2, 0.25) is 0 Å². The van der Waals surface area contributed by atoms with Gasteiger partial charge in [0.25, 0.3) is 0 Å². The molecule has 0 fully saturated rings. The number of ether oxygens (including phenoxy) is 1. The SMILES string of the molecule is C[C@@H](N)COCC(Cl)CO.Cl. The van der Waals surface area contributed by atoms with Gasteiger partial charge >= 0.3 is 0 Å². The Labute approximate surface area is 78.3 Å². The quantitative estimate of drug-likeness (QED) is 0.636. The largest absolute Gasteiger partial charge is 0.395 e. The number of alkyl halides is 1. The maximum atomic E-state index is 8.46. The monoisotopic (exact) mass is 203 g/mol. The van der Waals surface area contributed by atoms with Crippen LogP contribution in [0.5, 0.6) is 0 Å². The van der Waals surface area contributed by atoms with Gasteiger partial charge < -0.3 is 15.6 Å². The minimum atomic E-state index is -0.307. The van der Waals surface area contributed by atoms with E-state index < -0.39 is 0 Å². The molecule has 0 aliphatic heterocycles. The number of rotatable bonds is 5. The molecule has 0 aliphatic carbocycles. The average molecular weight is 204 g/mol. The topological polar surface area (TPSA) is 55.5 Å². The Kier molecular flexibility index (Phi) is 10.9. The third-order valence-electron chi connectivity index (χ3n) is 0.878. The second-order valence-corrected chi connectivity index (χ2v) is 2.91. The summed E-state index contributed by atoms with van der Waals surface area (Å²) in [7, 11) is 0. The molecule has 0 heterocycles. The van der Waals surface area contributed by atoms with Crippen molar-refractivity contribution in [2.45, 2.75) is 18.3 Å². The van der Waals surface area contributed by atoms with E-state index in [0.717, 1.165) is 0 Å². The van der Waals surface area contributed by atoms with Gasteiger partial charge in [-0.05, 0) is 6.92 Å². The van der Waals surface area contributed by atoms with Gasteiger partial charge in [-0.3, -0.25) is 0 Å². The van der Waals surface area contributed by atoms with Crippen molar-refractivity contribution in [2.24, 2.45) is 5.73 Å². The normalized spacial score (nSPS) is 15.3. The van der Waals surface area contributed by atoms with Crippen LogP contribution in [0.1, 0.15) is 6.92 Å². The van der Waals surface area contributed by atoms with Gasteiger partial charge in [-0.1, -0.05) is 0 Å². The predicted molar refractivity (Wildman–Crippen MR) is 48.4 cm³/mol. The van der Waals surface area contributed by atoms with Crippen molar-refractivity contribution in [3.8, 4) is 0 Å². The zero-order valence-electron chi connectivity index (χ0n) is 6.50. The molecule has 0 aromatic carbocycles. The van der Waals surface area contributed by atoms with Crippen LogP contribution >= 0.6 is 24.0 Å². The Morgan fingerprint density at radius 3 is 2.45 bits per heavy atom. The Balaban J connectivity index is 0. The van der Waals surface area contributed by atoms with E-state index in [1.54, 1.807) is 0 Å². The Morgan fingerprint density at radius 2 is 2.09 bits per heavy atom. The zero-order valence-corrected chi connectivity index (χ0v) is 8.07. The first-order valence-corrected chi connectivity index (χ1v) is 3.68. The van der Waals surface area contributed by atoms with Crippen LogP contribution in [0.15, 0.2) is 0 Å². The number of aliphatic hydroxyl groups is 1. The summed E-state index contributed by atoms with van der Waals surface area (Å²) in [5.41, 5.74) is 5.39. The molecule has 11 heavy (non-hydrogen) atoms. The van der Waals surface area contributed by atoms with Gasteiger partial charge in [0.05, 0.1) is 25.2 Å². The van der Waals surface area contributed by atoms with Crippen LogP contribution in [0.3, 0.4) is 0 Å². The van der Waals surface area contributed by atoms with Crippen LogP contribution in [0.2, 0.25) is 0 Å². The number of hydrogen-bond donors (Lipinski definition) is 2. The summed E-state index contributed by atoms with van der Waals surface area (Å²) in [4.78, 5) is 0. The highest BCUT2D eigenvalue weighted by molar-refractivity contribution is 6.20. The molecular formula is C6H15Cl2NO2. The van der Waals surface area contributed by atoms with E-state index in [1.165, 1.54) is 0 Å². The second-order valence-electron chi connectivity index (χ2n) is 2.29. The number of aliphatic hydroxyl groups excluding tert-OH is 1. The third kappa shape index (κ3) is 10.5. The van der Waals surface area contributed by atoms with Crippen LogP contribution in [-0.2, 0) is 4.74 Å². The molecule has 3 N–H and O–H groups in total. The lowest BCUT2D eigenvalue weighted by Crippen LogP contribution is -2.24. The van der Waals surface area contributed by atoms with Gasteiger partial charge in [-0.25, -0.2) is 0 Å². The summed E-state index contributed by atoms with van der Waals surface area (Å²) in [5, 5.41) is 8.15. The van der Waals surface area contributed by atoms with Gasteiger partial charge in [0, 0.05) is 6.04 Å². The molecule has 2 atom stereocenters. The Hall–Kier alpha value is 0.460. The summed E-state index contributed by atoms with van der Waals surface area (Å²) < 4.78 is 5.03. The van der Waals surface area contributed by atoms with E-state index in [4.69, 9.17) is 27.2 Å². The fourth-order valence-corrected chi connectivity index (χ4v) is 0.524. The first kappa shape index (κ1) is 14.0. The Morgan fingerprint density at radius 1 is 1.55 bits per heavy atom. The maximum Gasteiger partial charge on any atom is 0.0800 e. The fourth-order valence-electron chi connectivity index (χ4n) is 0.435. The van der Waals surface area contributed by atoms with Crippen LogP contribution in [-0.4, -0.2) is 36.3 Å². The van der Waals surface area contributed by atoms with Crippen molar-refractivity contribution >= 4 is 24.0 Å². The van der Waals surface area contributed by atoms with E-state index >= 15 is 0 Å². The second kappa shape index (κ2) is 8.56. The molecule has 0 saturated heterocycles. The summed E-state index contributed by atoms with van der Waals surface area (Å²) in [6, 6.07) is 0.0301. The smallest absolute Gasteiger partial charge is 0.0800 e. The fraction of sp³-hybridized carbons (Fsp3) is 1.00. The molecule has 0 saturated carbocycles. The van der Waals surface area contributed by atoms with E-state index in [0.29, 0.717) is 13.2 Å². The summed E-state index contributed by atoms with van der Waals surface area (Å²) in [5.74, 6) is 0. The van der Waals surface area contributed by atoms with Gasteiger partial charge in [-0.15, -0.1) is 24.0 Å². The maximum absolute atomic E-state index is 8.46. The van der Waals surface area contributed by atoms with Crippen molar-refractivity contribution in [1.29, 1.82) is 0 Å². The molecule has 0 aliphatic rings. The lowest BCUT2D eigenvalue weighted by molar-refractivity contribution is 0.111. The predicted octanol–water partition coefficient (Wildman–Crippen LogP) is 0.372. The van der Waals surface area contributed by atoms with Crippen LogP contribution in [0.4, 0.5) is 0 Å². The molecule has 70 valence electrons. The molecule has 0 spiro atoms. The molecular weight excluding hydrogens is 189 g/mol. The highest BCUT2D eigenvalue weighted by atomic mass is 35.5. The van der Waals surface area contributed by atoms with Gasteiger partial charge in [0.1, 0.15) is 0 Å². The minimum Gasteiger partial charge on any atom is -0.395 e. The molecule has 0 bridgehead atoms. The number of halogens is 2. The zero-order chi connectivity index (χ0) is 7.98. The van der Waals surface area contributed by atoms with Gasteiger partial charge in [-0.2, -0.15) is 0 Å². The average Bonchev–Trinajstić information content (AvgIpc) is 1.87. The minimum absolute atomic E-state index is 0. The summed E-state index contributed by atoms with van der Waals surface area (Å²) in [6.07, 6.45) is 0. The van der Waals surface area contributed by atoms with Crippen molar-refractivity contribution < 1.29 is 9.84 Å². The van der Waals surface area contributed by atoms with Crippen molar-refractivity contribution in [3.05, 3.63) is 0 Å². The first-order chi connectivity index (χ1) is 4.66. The lowest BCUT2D eigenvalue weighted by atomic mass is 10.4. The Bertz CT molecular complexity index is 83.0. The van der Waals surface area contributed by atoms with E-state index in [1.807, 2.05) is 6.92 Å². The van der Waals surface area contributed by atoms with E-state index in [-0.39, 0.29) is 30.4 Å². The van der Waals surface area contributed by atoms with E-state index in [2.05, 4.69) is 0 Å². The van der Waals surface area contributed by atoms with Crippen molar-refractivity contribution in [2.75, 3.05) is 19.8 Å². The lowest BCUT2D eigenvalue weighted by Gasteiger charge is -2.08. The highest BCUT2D eigenvalue weighted by Gasteiger charge is 2.02. The molecule has 3 nitrogen and oxygen atoms in total. The molecule has 0 aromatic rings. The molecule has 0 rings (SSSR count). The van der Waals surface area contributed by atoms with E-state index in [9.17, 15) is 0 Å². The standard InChI is InChI=1S/C6H14ClNO2.ClH/c1-5(8)3-10-4-6(7)2-9;/h5-6,9H,2-4,8H2,1H3;1H/t5-,6?;/m1./s1. The highest BCUT2D eigenvalue weighted by Crippen LogP contribution is 1.94. The number of nitrogens with two attached hydrogens (primary N) is 1.